The lowest BCUT2D eigenvalue weighted by Gasteiger charge is -2.45. The summed E-state index contributed by atoms with van der Waals surface area (Å²) < 4.78 is 31.7. The van der Waals surface area contributed by atoms with Crippen molar-refractivity contribution in [2.75, 3.05) is 56.7 Å². The van der Waals surface area contributed by atoms with E-state index in [1.807, 2.05) is 11.8 Å². The molecule has 1 unspecified atom stereocenters. The molecule has 2 aliphatic rings. The number of benzene rings is 1. The smallest absolute Gasteiger partial charge is 0.250 e. The molecule has 172 valence electrons. The highest BCUT2D eigenvalue weighted by atomic mass is 32.2. The fourth-order valence-electron chi connectivity index (χ4n) is 4.02. The van der Waals surface area contributed by atoms with E-state index in [0.29, 0.717) is 31.9 Å². The van der Waals surface area contributed by atoms with Crippen molar-refractivity contribution in [2.45, 2.75) is 43.5 Å². The molecular formula is C21H32N4O5S. The van der Waals surface area contributed by atoms with Crippen molar-refractivity contribution in [2.24, 2.45) is 0 Å². The van der Waals surface area contributed by atoms with Gasteiger partial charge < -0.3 is 15.0 Å². The first-order chi connectivity index (χ1) is 14.8. The van der Waals surface area contributed by atoms with E-state index in [-0.39, 0.29) is 29.3 Å². The molecule has 0 spiro atoms. The van der Waals surface area contributed by atoms with Gasteiger partial charge in [-0.25, -0.2) is 12.7 Å². The molecule has 1 aromatic carbocycles. The number of carbonyl (C=O) groups is 2. The van der Waals surface area contributed by atoms with Gasteiger partial charge in [-0.3, -0.25) is 14.5 Å². The number of anilines is 2. The Labute approximate surface area is 184 Å². The van der Waals surface area contributed by atoms with Gasteiger partial charge >= 0.3 is 0 Å². The molecule has 2 heterocycles. The zero-order chi connectivity index (χ0) is 22.6. The van der Waals surface area contributed by atoms with Crippen molar-refractivity contribution in [1.29, 1.82) is 0 Å². The lowest BCUT2D eigenvalue weighted by Crippen LogP contribution is -2.57. The van der Waals surface area contributed by atoms with Gasteiger partial charge in [-0.15, -0.1) is 0 Å². The minimum absolute atomic E-state index is 0.0987. The van der Waals surface area contributed by atoms with E-state index in [2.05, 4.69) is 5.32 Å². The Morgan fingerprint density at radius 3 is 2.74 bits per heavy atom. The summed E-state index contributed by atoms with van der Waals surface area (Å²) in [7, 11) is -0.737. The van der Waals surface area contributed by atoms with Crippen LogP contribution in [0, 0.1) is 0 Å². The molecule has 0 radical (unpaired) electrons. The van der Waals surface area contributed by atoms with Gasteiger partial charge in [0.25, 0.3) is 0 Å². The molecule has 3 rings (SSSR count). The molecule has 0 bridgehead atoms. The molecule has 2 amide bonds. The number of fused-ring (bicyclic) bond motifs is 3. The summed E-state index contributed by atoms with van der Waals surface area (Å²) >= 11 is 0. The van der Waals surface area contributed by atoms with E-state index in [9.17, 15) is 18.0 Å². The normalized spacial score (nSPS) is 18.7. The Balaban J connectivity index is 1.88. The first-order valence-electron chi connectivity index (χ1n) is 10.8. The maximum atomic E-state index is 13.3. The van der Waals surface area contributed by atoms with E-state index in [1.54, 1.807) is 12.1 Å². The second kappa shape index (κ2) is 9.97. The summed E-state index contributed by atoms with van der Waals surface area (Å²) in [6, 6.07) is 4.52. The summed E-state index contributed by atoms with van der Waals surface area (Å²) in [6.45, 7) is 4.15. The van der Waals surface area contributed by atoms with Crippen LogP contribution in [0.5, 0.6) is 0 Å². The number of sulfonamides is 1. The summed E-state index contributed by atoms with van der Waals surface area (Å²) in [6.07, 6.45) is 3.34. The van der Waals surface area contributed by atoms with Crippen LogP contribution in [-0.2, 0) is 24.3 Å². The fourth-order valence-corrected chi connectivity index (χ4v) is 4.94. The van der Waals surface area contributed by atoms with Crippen LogP contribution in [-0.4, -0.2) is 77.5 Å². The Bertz CT molecular complexity index is 918. The van der Waals surface area contributed by atoms with Crippen molar-refractivity contribution in [3.05, 3.63) is 18.2 Å². The molecule has 1 atom stereocenters. The maximum Gasteiger partial charge on any atom is 0.250 e. The first-order valence-corrected chi connectivity index (χ1v) is 12.2. The molecule has 1 aromatic rings. The number of amides is 2. The number of hydrogen-bond donors (Lipinski definition) is 1. The van der Waals surface area contributed by atoms with Gasteiger partial charge in [-0.2, -0.15) is 0 Å². The number of hydrogen-bond acceptors (Lipinski definition) is 6. The molecule has 0 saturated carbocycles. The van der Waals surface area contributed by atoms with E-state index < -0.39 is 10.0 Å². The van der Waals surface area contributed by atoms with E-state index >= 15 is 0 Å². The average molecular weight is 453 g/mol. The molecule has 1 fully saturated rings. The van der Waals surface area contributed by atoms with Crippen LogP contribution >= 0.6 is 0 Å². The molecule has 1 saturated heterocycles. The van der Waals surface area contributed by atoms with E-state index in [0.717, 1.165) is 35.8 Å². The molecule has 2 aliphatic heterocycles. The Hall–Kier alpha value is -2.17. The highest BCUT2D eigenvalue weighted by molar-refractivity contribution is 7.89. The third kappa shape index (κ3) is 5.02. The van der Waals surface area contributed by atoms with Gasteiger partial charge in [-0.1, -0.05) is 0 Å². The summed E-state index contributed by atoms with van der Waals surface area (Å²) in [5.41, 5.74) is 1.27. The first kappa shape index (κ1) is 23.5. The highest BCUT2D eigenvalue weighted by Gasteiger charge is 2.40. The van der Waals surface area contributed by atoms with Crippen LogP contribution in [0.4, 0.5) is 11.4 Å². The van der Waals surface area contributed by atoms with Crippen LogP contribution in [0.25, 0.3) is 0 Å². The Morgan fingerprint density at radius 2 is 2.03 bits per heavy atom. The number of nitrogens with one attached hydrogen (secondary N) is 1. The third-order valence-electron chi connectivity index (χ3n) is 5.67. The predicted octanol–water partition coefficient (Wildman–Crippen LogP) is 1.19. The molecule has 0 aromatic heterocycles. The van der Waals surface area contributed by atoms with E-state index in [4.69, 9.17) is 4.74 Å². The highest BCUT2D eigenvalue weighted by Crippen LogP contribution is 2.40. The number of rotatable bonds is 9. The van der Waals surface area contributed by atoms with Crippen LogP contribution in [0.15, 0.2) is 23.1 Å². The quantitative estimate of drug-likeness (QED) is 0.565. The van der Waals surface area contributed by atoms with Gasteiger partial charge in [0.15, 0.2) is 0 Å². The minimum atomic E-state index is -3.67. The predicted molar refractivity (Wildman–Crippen MR) is 119 cm³/mol. The van der Waals surface area contributed by atoms with Gasteiger partial charge in [0.1, 0.15) is 12.6 Å². The fraction of sp³-hybridized carbons (Fsp3) is 0.619. The molecule has 0 aliphatic carbocycles. The van der Waals surface area contributed by atoms with Gasteiger partial charge in [-0.05, 0) is 50.8 Å². The molecule has 10 heteroatoms. The van der Waals surface area contributed by atoms with Crippen LogP contribution in [0.2, 0.25) is 0 Å². The molecule has 1 N–H and O–H groups in total. The van der Waals surface area contributed by atoms with Crippen molar-refractivity contribution in [1.82, 2.24) is 9.62 Å². The van der Waals surface area contributed by atoms with Gasteiger partial charge in [0.05, 0.1) is 16.3 Å². The van der Waals surface area contributed by atoms with Gasteiger partial charge in [0.2, 0.25) is 21.8 Å². The second-order valence-corrected chi connectivity index (χ2v) is 10.1. The molecule has 9 nitrogen and oxygen atoms in total. The summed E-state index contributed by atoms with van der Waals surface area (Å²) in [5, 5.41) is 2.82. The van der Waals surface area contributed by atoms with E-state index in [1.165, 1.54) is 25.1 Å². The largest absolute Gasteiger partial charge is 0.382 e. The number of piperidine rings is 1. The lowest BCUT2D eigenvalue weighted by atomic mass is 9.96. The Morgan fingerprint density at radius 1 is 1.26 bits per heavy atom. The van der Waals surface area contributed by atoms with Crippen molar-refractivity contribution >= 4 is 33.2 Å². The van der Waals surface area contributed by atoms with Gasteiger partial charge in [0, 0.05) is 40.4 Å². The third-order valence-corrected chi connectivity index (χ3v) is 7.48. The lowest BCUT2D eigenvalue weighted by molar-refractivity contribution is -0.125. The summed E-state index contributed by atoms with van der Waals surface area (Å²) in [4.78, 5) is 29.4. The van der Waals surface area contributed by atoms with Crippen LogP contribution in [0.1, 0.15) is 32.6 Å². The van der Waals surface area contributed by atoms with Crippen molar-refractivity contribution in [3.8, 4) is 0 Å². The average Bonchev–Trinajstić information content (AvgIpc) is 2.76. The monoisotopic (exact) mass is 452 g/mol. The molecular weight excluding hydrogens is 420 g/mol. The van der Waals surface area contributed by atoms with Crippen molar-refractivity contribution in [3.63, 3.8) is 0 Å². The van der Waals surface area contributed by atoms with Crippen LogP contribution in [0.3, 0.4) is 0 Å². The molecule has 31 heavy (non-hydrogen) atoms. The topological polar surface area (TPSA) is 99.3 Å². The van der Waals surface area contributed by atoms with Crippen molar-refractivity contribution < 1.29 is 22.7 Å². The number of ether oxygens (including phenoxy) is 1. The SMILES string of the molecule is CCOCCCNC(=O)CN1C(=O)C2CCCCN2c2ccc(S(=O)(=O)N(C)C)cc21. The zero-order valence-corrected chi connectivity index (χ0v) is 19.3. The minimum Gasteiger partial charge on any atom is -0.382 e. The van der Waals surface area contributed by atoms with Crippen LogP contribution < -0.4 is 15.1 Å². The zero-order valence-electron chi connectivity index (χ0n) is 18.5. The summed E-state index contributed by atoms with van der Waals surface area (Å²) in [5.74, 6) is -0.433. The number of carbonyl (C=O) groups excluding carboxylic acids is 2. The number of nitrogens with zero attached hydrogens (tertiary/aromatic N) is 3. The second-order valence-electron chi connectivity index (χ2n) is 7.97. The Kier molecular flexibility index (Phi) is 7.55. The standard InChI is InChI=1S/C21H32N4O5S/c1-4-30-13-7-11-22-20(26)15-25-19-14-16(31(28,29)23(2)3)9-10-17(19)24-12-6-5-8-18(24)21(25)27/h9-10,14,18H,4-8,11-13,15H2,1-3H3,(H,22,26). The maximum absolute atomic E-state index is 13.3.